The molecule has 5 nitrogen and oxygen atoms in total. The van der Waals surface area contributed by atoms with E-state index in [1.165, 1.54) is 17.0 Å². The molecular weight excluding hydrogens is 263 g/mol. The van der Waals surface area contributed by atoms with Crippen LogP contribution in [0.2, 0.25) is 0 Å². The molecule has 0 radical (unpaired) electrons. The molecule has 1 amide bonds. The molecule has 2 atom stereocenters. The van der Waals surface area contributed by atoms with Gasteiger partial charge >= 0.3 is 6.09 Å². The van der Waals surface area contributed by atoms with E-state index in [0.717, 1.165) is 0 Å². The summed E-state index contributed by atoms with van der Waals surface area (Å²) in [6.45, 7) is 1.86. The number of aliphatic hydroxyl groups excluding tert-OH is 1. The first-order valence-corrected chi connectivity index (χ1v) is 6.59. The quantitative estimate of drug-likeness (QED) is 0.723. The molecule has 1 unspecified atom stereocenters. The molecule has 6 heteroatoms. The summed E-state index contributed by atoms with van der Waals surface area (Å²) in [5.41, 5.74) is 5.10. The van der Waals surface area contributed by atoms with Crippen LogP contribution in [0.25, 0.3) is 0 Å². The van der Waals surface area contributed by atoms with Crippen LogP contribution in [0.1, 0.15) is 31.4 Å². The maximum absolute atomic E-state index is 14.0. The summed E-state index contributed by atoms with van der Waals surface area (Å²) in [6.07, 6.45) is -0.833. The van der Waals surface area contributed by atoms with E-state index in [9.17, 15) is 19.4 Å². The SMILES string of the molecule is CC12CC(C1)C([C@H](O)c1cccc(N)c1F)N2C(=O)O. The highest BCUT2D eigenvalue weighted by molar-refractivity contribution is 5.68. The van der Waals surface area contributed by atoms with E-state index in [1.807, 2.05) is 6.92 Å². The van der Waals surface area contributed by atoms with Gasteiger partial charge in [0.2, 0.25) is 0 Å². The third kappa shape index (κ3) is 1.61. The van der Waals surface area contributed by atoms with Crippen LogP contribution in [0.15, 0.2) is 18.2 Å². The fourth-order valence-corrected chi connectivity index (χ4v) is 3.82. The van der Waals surface area contributed by atoms with Crippen molar-refractivity contribution in [2.24, 2.45) is 5.92 Å². The summed E-state index contributed by atoms with van der Waals surface area (Å²) in [6, 6.07) is 3.82. The van der Waals surface area contributed by atoms with E-state index in [0.29, 0.717) is 12.8 Å². The first-order chi connectivity index (χ1) is 9.35. The lowest BCUT2D eigenvalue weighted by Crippen LogP contribution is -2.47. The maximum atomic E-state index is 14.0. The molecule has 3 aliphatic rings. The van der Waals surface area contributed by atoms with Crippen molar-refractivity contribution in [3.8, 4) is 0 Å². The van der Waals surface area contributed by atoms with Gasteiger partial charge in [-0.15, -0.1) is 0 Å². The van der Waals surface area contributed by atoms with Crippen LogP contribution in [0.3, 0.4) is 0 Å². The minimum atomic E-state index is -1.19. The van der Waals surface area contributed by atoms with Crippen LogP contribution >= 0.6 is 0 Å². The van der Waals surface area contributed by atoms with Crippen LogP contribution in [-0.2, 0) is 0 Å². The Bertz CT molecular complexity index is 572. The summed E-state index contributed by atoms with van der Waals surface area (Å²) < 4.78 is 14.0. The molecule has 1 aliphatic carbocycles. The highest BCUT2D eigenvalue weighted by Crippen LogP contribution is 2.57. The molecule has 1 aromatic rings. The molecule has 20 heavy (non-hydrogen) atoms. The van der Waals surface area contributed by atoms with Gasteiger partial charge in [-0.1, -0.05) is 12.1 Å². The fourth-order valence-electron chi connectivity index (χ4n) is 3.82. The van der Waals surface area contributed by atoms with Gasteiger partial charge in [0.15, 0.2) is 5.82 Å². The number of nitrogens with zero attached hydrogens (tertiary/aromatic N) is 1. The number of benzene rings is 1. The van der Waals surface area contributed by atoms with Gasteiger partial charge in [-0.05, 0) is 31.7 Å². The number of amides is 1. The number of hydrogen-bond acceptors (Lipinski definition) is 3. The molecule has 0 spiro atoms. The Kier molecular flexibility index (Phi) is 2.69. The van der Waals surface area contributed by atoms with Crippen LogP contribution in [0, 0.1) is 11.7 Å². The summed E-state index contributed by atoms with van der Waals surface area (Å²) in [5.74, 6) is -0.591. The lowest BCUT2D eigenvalue weighted by Gasteiger charge is -2.37. The molecule has 2 bridgehead atoms. The monoisotopic (exact) mass is 280 g/mol. The molecule has 3 fully saturated rings. The summed E-state index contributed by atoms with van der Waals surface area (Å²) in [7, 11) is 0. The van der Waals surface area contributed by atoms with Gasteiger partial charge < -0.3 is 15.9 Å². The lowest BCUT2D eigenvalue weighted by molar-refractivity contribution is 0.0499. The summed E-state index contributed by atoms with van der Waals surface area (Å²) in [4.78, 5) is 12.7. The van der Waals surface area contributed by atoms with E-state index in [-0.39, 0.29) is 17.2 Å². The normalized spacial score (nSPS) is 32.9. The van der Waals surface area contributed by atoms with Crippen molar-refractivity contribution >= 4 is 11.8 Å². The molecular formula is C14H17FN2O3. The lowest BCUT2D eigenvalue weighted by atomic mass is 9.72. The number of halogens is 1. The third-order valence-corrected chi connectivity index (χ3v) is 4.67. The highest BCUT2D eigenvalue weighted by atomic mass is 19.1. The van der Waals surface area contributed by atoms with Gasteiger partial charge in [-0.3, -0.25) is 4.90 Å². The Balaban J connectivity index is 1.97. The van der Waals surface area contributed by atoms with Crippen LogP contribution in [0.4, 0.5) is 14.9 Å². The second-order valence-corrected chi connectivity index (χ2v) is 6.00. The predicted octanol–water partition coefficient (Wildman–Crippen LogP) is 1.97. The van der Waals surface area contributed by atoms with Crippen LogP contribution in [-0.4, -0.2) is 32.8 Å². The fraction of sp³-hybridized carbons (Fsp3) is 0.500. The number of rotatable bonds is 2. The number of anilines is 1. The first kappa shape index (κ1) is 13.2. The van der Waals surface area contributed by atoms with Crippen molar-refractivity contribution in [3.05, 3.63) is 29.6 Å². The summed E-state index contributed by atoms with van der Waals surface area (Å²) >= 11 is 0. The molecule has 1 saturated carbocycles. The average Bonchev–Trinajstić information content (AvgIpc) is 2.80. The van der Waals surface area contributed by atoms with E-state index < -0.39 is 29.6 Å². The molecule has 4 rings (SSSR count). The largest absolute Gasteiger partial charge is 0.465 e. The standard InChI is InChI=1S/C14H17FN2O3/c1-14-5-7(6-14)11(17(14)13(19)20)12(18)8-3-2-4-9(16)10(8)15/h2-4,7,11-12,18H,5-6,16H2,1H3,(H,19,20)/t7?,11?,12-,14?/m1/s1. The Hall–Kier alpha value is -1.82. The molecule has 1 aromatic carbocycles. The number of nitrogen functional groups attached to an aromatic ring is 1. The predicted molar refractivity (Wildman–Crippen MR) is 70.6 cm³/mol. The van der Waals surface area contributed by atoms with E-state index >= 15 is 0 Å². The van der Waals surface area contributed by atoms with Gasteiger partial charge in [0.05, 0.1) is 11.7 Å². The molecule has 108 valence electrons. The number of hydrogen-bond donors (Lipinski definition) is 3. The van der Waals surface area contributed by atoms with Crippen molar-refractivity contribution in [1.29, 1.82) is 0 Å². The van der Waals surface area contributed by atoms with Crippen molar-refractivity contribution in [3.63, 3.8) is 0 Å². The minimum absolute atomic E-state index is 0.0417. The van der Waals surface area contributed by atoms with Crippen molar-refractivity contribution in [1.82, 2.24) is 4.90 Å². The average molecular weight is 280 g/mol. The number of fused-ring (bicyclic) bond motifs is 1. The zero-order valence-corrected chi connectivity index (χ0v) is 11.1. The maximum Gasteiger partial charge on any atom is 0.408 e. The highest BCUT2D eigenvalue weighted by Gasteiger charge is 2.63. The van der Waals surface area contributed by atoms with Gasteiger partial charge in [-0.25, -0.2) is 9.18 Å². The number of nitrogens with two attached hydrogens (primary N) is 1. The Morgan fingerprint density at radius 3 is 2.80 bits per heavy atom. The Labute approximate surface area is 115 Å². The van der Waals surface area contributed by atoms with Crippen LogP contribution in [0.5, 0.6) is 0 Å². The molecule has 2 saturated heterocycles. The molecule has 2 heterocycles. The second kappa shape index (κ2) is 4.09. The summed E-state index contributed by atoms with van der Waals surface area (Å²) in [5, 5.41) is 19.8. The zero-order valence-electron chi connectivity index (χ0n) is 11.1. The third-order valence-electron chi connectivity index (χ3n) is 4.67. The van der Waals surface area contributed by atoms with Crippen molar-refractivity contribution in [2.75, 3.05) is 5.73 Å². The first-order valence-electron chi connectivity index (χ1n) is 6.59. The van der Waals surface area contributed by atoms with E-state index in [4.69, 9.17) is 5.73 Å². The van der Waals surface area contributed by atoms with E-state index in [1.54, 1.807) is 6.07 Å². The number of aliphatic hydroxyl groups is 1. The Morgan fingerprint density at radius 2 is 2.20 bits per heavy atom. The minimum Gasteiger partial charge on any atom is -0.465 e. The number of carbonyl (C=O) groups is 1. The topological polar surface area (TPSA) is 86.8 Å². The van der Waals surface area contributed by atoms with Gasteiger partial charge in [-0.2, -0.15) is 0 Å². The molecule has 2 aliphatic heterocycles. The van der Waals surface area contributed by atoms with E-state index in [2.05, 4.69) is 0 Å². The second-order valence-electron chi connectivity index (χ2n) is 6.00. The van der Waals surface area contributed by atoms with Crippen molar-refractivity contribution in [2.45, 2.75) is 37.5 Å². The molecule has 4 N–H and O–H groups in total. The van der Waals surface area contributed by atoms with Crippen LogP contribution < -0.4 is 5.73 Å². The van der Waals surface area contributed by atoms with Gasteiger partial charge in [0, 0.05) is 11.1 Å². The molecule has 0 aromatic heterocycles. The van der Waals surface area contributed by atoms with Gasteiger partial charge in [0.1, 0.15) is 6.10 Å². The van der Waals surface area contributed by atoms with Crippen molar-refractivity contribution < 1.29 is 19.4 Å². The Morgan fingerprint density at radius 1 is 1.55 bits per heavy atom. The number of carboxylic acid groups (broad SMARTS) is 1. The smallest absolute Gasteiger partial charge is 0.408 e. The van der Waals surface area contributed by atoms with Gasteiger partial charge in [0.25, 0.3) is 0 Å². The zero-order chi connectivity index (χ0) is 14.7.